The predicted molar refractivity (Wildman–Crippen MR) is 62.2 cm³/mol. The zero-order valence-corrected chi connectivity index (χ0v) is 9.09. The van der Waals surface area contributed by atoms with Crippen LogP contribution < -0.4 is 0 Å². The van der Waals surface area contributed by atoms with Crippen molar-refractivity contribution in [2.45, 2.75) is 33.1 Å². The maximum Gasteiger partial charge on any atom is -0.0103 e. The third-order valence-corrected chi connectivity index (χ3v) is 3.14. The summed E-state index contributed by atoms with van der Waals surface area (Å²) < 4.78 is 0. The van der Waals surface area contributed by atoms with Crippen LogP contribution in [0.5, 0.6) is 0 Å². The Morgan fingerprint density at radius 2 is 2.07 bits per heavy atom. The van der Waals surface area contributed by atoms with Gasteiger partial charge in [-0.05, 0) is 29.4 Å². The van der Waals surface area contributed by atoms with Crippen LogP contribution in [0.3, 0.4) is 0 Å². The minimum absolute atomic E-state index is 0.392. The Labute approximate surface area is 86.7 Å². The van der Waals surface area contributed by atoms with E-state index in [1.54, 1.807) is 0 Å². The molecule has 0 saturated carbocycles. The second-order valence-electron chi connectivity index (χ2n) is 4.61. The van der Waals surface area contributed by atoms with Crippen molar-refractivity contribution in [3.63, 3.8) is 0 Å². The molecule has 1 unspecified atom stereocenters. The van der Waals surface area contributed by atoms with Crippen molar-refractivity contribution in [1.29, 1.82) is 0 Å². The van der Waals surface area contributed by atoms with Crippen molar-refractivity contribution in [3.05, 3.63) is 41.5 Å². The van der Waals surface area contributed by atoms with Crippen LogP contribution in [0, 0.1) is 5.41 Å². The fourth-order valence-corrected chi connectivity index (χ4v) is 2.39. The van der Waals surface area contributed by atoms with Crippen molar-refractivity contribution < 1.29 is 0 Å². The van der Waals surface area contributed by atoms with Gasteiger partial charge in [0, 0.05) is 0 Å². The summed E-state index contributed by atoms with van der Waals surface area (Å²) in [6.07, 6.45) is 8.43. The van der Waals surface area contributed by atoms with E-state index >= 15 is 0 Å². The fraction of sp³-hybridized carbons (Fsp3) is 0.429. The molecule has 14 heavy (non-hydrogen) atoms. The highest BCUT2D eigenvalue weighted by molar-refractivity contribution is 5.57. The van der Waals surface area contributed by atoms with Gasteiger partial charge in [0.1, 0.15) is 0 Å². The average Bonchev–Trinajstić information content (AvgIpc) is 2.17. The lowest BCUT2D eigenvalue weighted by Crippen LogP contribution is -2.19. The quantitative estimate of drug-likeness (QED) is 0.653. The summed E-state index contributed by atoms with van der Waals surface area (Å²) in [6, 6.07) is 8.72. The lowest BCUT2D eigenvalue weighted by molar-refractivity contribution is 0.382. The molecule has 0 saturated heterocycles. The minimum atomic E-state index is 0.392. The lowest BCUT2D eigenvalue weighted by atomic mass is 9.75. The van der Waals surface area contributed by atoms with Crippen molar-refractivity contribution in [1.82, 2.24) is 0 Å². The molecule has 1 atom stereocenters. The molecule has 0 nitrogen and oxygen atoms in total. The Morgan fingerprint density at radius 3 is 2.86 bits per heavy atom. The van der Waals surface area contributed by atoms with Gasteiger partial charge in [-0.2, -0.15) is 0 Å². The second kappa shape index (κ2) is 3.61. The molecule has 0 fully saturated rings. The third-order valence-electron chi connectivity index (χ3n) is 3.14. The molecule has 1 aliphatic carbocycles. The molecule has 0 bridgehead atoms. The summed E-state index contributed by atoms with van der Waals surface area (Å²) in [4.78, 5) is 0. The Bertz CT molecular complexity index is 349. The predicted octanol–water partition coefficient (Wildman–Crippen LogP) is 4.06. The van der Waals surface area contributed by atoms with E-state index < -0.39 is 0 Å². The van der Waals surface area contributed by atoms with Gasteiger partial charge < -0.3 is 0 Å². The Morgan fingerprint density at radius 1 is 1.29 bits per heavy atom. The summed E-state index contributed by atoms with van der Waals surface area (Å²) in [5, 5.41) is 0. The zero-order chi connectivity index (χ0) is 10.0. The highest BCUT2D eigenvalue weighted by Crippen LogP contribution is 2.35. The molecule has 0 heteroatoms. The summed E-state index contributed by atoms with van der Waals surface area (Å²) in [6.45, 7) is 4.63. The van der Waals surface area contributed by atoms with Gasteiger partial charge >= 0.3 is 0 Å². The van der Waals surface area contributed by atoms with Crippen molar-refractivity contribution in [3.8, 4) is 0 Å². The SMILES string of the molecule is CCCC1(C)C=Cc2ccccc2C1. The Hall–Kier alpha value is -1.04. The normalized spacial score (nSPS) is 24.7. The van der Waals surface area contributed by atoms with Crippen LogP contribution in [0.1, 0.15) is 37.8 Å². The maximum atomic E-state index is 2.39. The molecule has 2 rings (SSSR count). The first-order valence-electron chi connectivity index (χ1n) is 5.51. The molecule has 0 heterocycles. The summed E-state index contributed by atoms with van der Waals surface area (Å²) in [5.41, 5.74) is 3.30. The maximum absolute atomic E-state index is 2.39. The van der Waals surface area contributed by atoms with E-state index in [1.165, 1.54) is 30.4 Å². The van der Waals surface area contributed by atoms with Crippen LogP contribution in [-0.2, 0) is 6.42 Å². The van der Waals surface area contributed by atoms with Crippen molar-refractivity contribution in [2.24, 2.45) is 5.41 Å². The van der Waals surface area contributed by atoms with Gasteiger partial charge in [-0.1, -0.05) is 56.7 Å². The van der Waals surface area contributed by atoms with Gasteiger partial charge in [-0.3, -0.25) is 0 Å². The molecule has 1 aliphatic rings. The molecule has 0 radical (unpaired) electrons. The van der Waals surface area contributed by atoms with E-state index in [4.69, 9.17) is 0 Å². The molecular weight excluding hydrogens is 168 g/mol. The number of allylic oxidation sites excluding steroid dienone is 1. The molecule has 0 spiro atoms. The van der Waals surface area contributed by atoms with Crippen LogP contribution in [0.25, 0.3) is 6.08 Å². The minimum Gasteiger partial charge on any atom is -0.0776 e. The van der Waals surface area contributed by atoms with Gasteiger partial charge in [-0.15, -0.1) is 0 Å². The number of rotatable bonds is 2. The third kappa shape index (κ3) is 1.75. The van der Waals surface area contributed by atoms with E-state index in [0.29, 0.717) is 5.41 Å². The number of hydrogen-bond acceptors (Lipinski definition) is 0. The molecule has 0 amide bonds. The Balaban J connectivity index is 2.29. The van der Waals surface area contributed by atoms with Crippen LogP contribution in [0.15, 0.2) is 30.3 Å². The van der Waals surface area contributed by atoms with Crippen LogP contribution in [-0.4, -0.2) is 0 Å². The zero-order valence-electron chi connectivity index (χ0n) is 9.09. The molecule has 0 N–H and O–H groups in total. The van der Waals surface area contributed by atoms with E-state index in [0.717, 1.165) is 0 Å². The standard InChI is InChI=1S/C14H18/c1-3-9-14(2)10-8-12-6-4-5-7-13(12)11-14/h4-8,10H,3,9,11H2,1-2H3. The Kier molecular flexibility index (Phi) is 2.45. The average molecular weight is 186 g/mol. The molecule has 74 valence electrons. The topological polar surface area (TPSA) is 0 Å². The van der Waals surface area contributed by atoms with E-state index in [9.17, 15) is 0 Å². The van der Waals surface area contributed by atoms with Gasteiger partial charge in [0.2, 0.25) is 0 Å². The van der Waals surface area contributed by atoms with Crippen molar-refractivity contribution >= 4 is 6.08 Å². The van der Waals surface area contributed by atoms with Gasteiger partial charge in [-0.25, -0.2) is 0 Å². The van der Waals surface area contributed by atoms with Gasteiger partial charge in [0.15, 0.2) is 0 Å². The van der Waals surface area contributed by atoms with Crippen LogP contribution >= 0.6 is 0 Å². The highest BCUT2D eigenvalue weighted by Gasteiger charge is 2.24. The molecule has 1 aromatic rings. The van der Waals surface area contributed by atoms with Gasteiger partial charge in [0.05, 0.1) is 0 Å². The number of hydrogen-bond donors (Lipinski definition) is 0. The van der Waals surface area contributed by atoms with E-state index in [1.807, 2.05) is 0 Å². The second-order valence-corrected chi connectivity index (χ2v) is 4.61. The molecule has 1 aromatic carbocycles. The first kappa shape index (κ1) is 9.51. The number of fused-ring (bicyclic) bond motifs is 1. The number of benzene rings is 1. The van der Waals surface area contributed by atoms with Crippen LogP contribution in [0.2, 0.25) is 0 Å². The first-order valence-corrected chi connectivity index (χ1v) is 5.51. The van der Waals surface area contributed by atoms with E-state index in [-0.39, 0.29) is 0 Å². The molecule has 0 aromatic heterocycles. The largest absolute Gasteiger partial charge is 0.0776 e. The van der Waals surface area contributed by atoms with Crippen molar-refractivity contribution in [2.75, 3.05) is 0 Å². The molecular formula is C14H18. The first-order chi connectivity index (χ1) is 6.73. The van der Waals surface area contributed by atoms with E-state index in [2.05, 4.69) is 50.3 Å². The summed E-state index contributed by atoms with van der Waals surface area (Å²) in [7, 11) is 0. The fourth-order valence-electron chi connectivity index (χ4n) is 2.39. The van der Waals surface area contributed by atoms with Gasteiger partial charge in [0.25, 0.3) is 0 Å². The lowest BCUT2D eigenvalue weighted by Gasteiger charge is -2.30. The van der Waals surface area contributed by atoms with Crippen LogP contribution in [0.4, 0.5) is 0 Å². The molecule has 0 aliphatic heterocycles. The smallest absolute Gasteiger partial charge is 0.0103 e. The summed E-state index contributed by atoms with van der Waals surface area (Å²) >= 11 is 0. The monoisotopic (exact) mass is 186 g/mol. The summed E-state index contributed by atoms with van der Waals surface area (Å²) in [5.74, 6) is 0. The highest BCUT2D eigenvalue weighted by atomic mass is 14.3.